The van der Waals surface area contributed by atoms with Gasteiger partial charge in [-0.3, -0.25) is 0 Å². The molecule has 0 bridgehead atoms. The van der Waals surface area contributed by atoms with Crippen LogP contribution in [-0.2, 0) is 0 Å². The zero-order chi connectivity index (χ0) is 19.8. The summed E-state index contributed by atoms with van der Waals surface area (Å²) in [6, 6.07) is 8.52. The van der Waals surface area contributed by atoms with Gasteiger partial charge in [0.1, 0.15) is 6.33 Å². The highest BCUT2D eigenvalue weighted by molar-refractivity contribution is 5.80. The van der Waals surface area contributed by atoms with E-state index in [1.165, 1.54) is 36.9 Å². The number of hydrogen-bond donors (Lipinski definition) is 1. The average Bonchev–Trinajstić information content (AvgIpc) is 3.29. The first-order valence-corrected chi connectivity index (χ1v) is 11.5. The fraction of sp³-hybridized carbons (Fsp3) is 0.577. The Morgan fingerprint density at radius 3 is 2.72 bits per heavy atom. The molecule has 152 valence electrons. The molecule has 0 radical (unpaired) electrons. The Hall–Kier alpha value is -1.87. The maximum Gasteiger partial charge on any atom is 0.100 e. The Labute approximate surface area is 173 Å². The number of allylic oxidation sites excluding steroid dienone is 3. The molecule has 4 aliphatic rings. The number of aliphatic hydroxyl groups excluding tert-OH is 1. The van der Waals surface area contributed by atoms with Crippen molar-refractivity contribution in [1.82, 2.24) is 9.55 Å². The molecule has 1 aromatic carbocycles. The Morgan fingerprint density at radius 1 is 1.00 bits per heavy atom. The Kier molecular flexibility index (Phi) is 3.76. The van der Waals surface area contributed by atoms with Gasteiger partial charge in [-0.25, -0.2) is 4.98 Å². The SMILES string of the molecule is CC12CC[C@H](O)CC1=CCC1C2CCC2(C)C(n3cnc4ccccc43)=CCC12. The molecule has 4 aliphatic carbocycles. The van der Waals surface area contributed by atoms with Crippen molar-refractivity contribution in [2.75, 3.05) is 0 Å². The molecule has 3 heteroatoms. The average molecular weight is 389 g/mol. The van der Waals surface area contributed by atoms with E-state index in [0.717, 1.165) is 42.5 Å². The standard InChI is InChI=1S/C26H32N2O/c1-25-13-11-18(29)15-17(25)7-8-19-20-9-10-24(26(20,2)14-12-21(19)25)28-16-27-22-5-3-4-6-23(22)28/h3-7,10,16,18-21,29H,8-9,11-15H2,1-2H3/t18-,19?,20?,21?,25?,26?/m0/s1. The van der Waals surface area contributed by atoms with Gasteiger partial charge in [0.05, 0.1) is 17.1 Å². The molecule has 0 spiro atoms. The highest BCUT2D eigenvalue weighted by atomic mass is 16.3. The summed E-state index contributed by atoms with van der Waals surface area (Å²) < 4.78 is 2.37. The summed E-state index contributed by atoms with van der Waals surface area (Å²) in [4.78, 5) is 4.67. The summed E-state index contributed by atoms with van der Waals surface area (Å²) in [5.41, 5.74) is 5.92. The van der Waals surface area contributed by atoms with Gasteiger partial charge in [-0.05, 0) is 80.2 Å². The van der Waals surface area contributed by atoms with Crippen LogP contribution in [0, 0.1) is 28.6 Å². The number of benzene rings is 1. The molecule has 2 saturated carbocycles. The zero-order valence-corrected chi connectivity index (χ0v) is 17.6. The van der Waals surface area contributed by atoms with Crippen LogP contribution in [0.4, 0.5) is 0 Å². The van der Waals surface area contributed by atoms with Gasteiger partial charge in [-0.2, -0.15) is 0 Å². The van der Waals surface area contributed by atoms with E-state index in [2.05, 4.69) is 59.8 Å². The first-order chi connectivity index (χ1) is 14.0. The highest BCUT2D eigenvalue weighted by Crippen LogP contribution is 2.65. The van der Waals surface area contributed by atoms with E-state index in [1.54, 1.807) is 5.57 Å². The number of hydrogen-bond acceptors (Lipinski definition) is 2. The van der Waals surface area contributed by atoms with Crippen LogP contribution in [0.1, 0.15) is 58.8 Å². The van der Waals surface area contributed by atoms with E-state index < -0.39 is 0 Å². The second-order valence-electron chi connectivity index (χ2n) is 10.5. The number of fused-ring (bicyclic) bond motifs is 6. The molecule has 3 nitrogen and oxygen atoms in total. The lowest BCUT2D eigenvalue weighted by Crippen LogP contribution is -2.50. The molecular weight excluding hydrogens is 356 g/mol. The summed E-state index contributed by atoms with van der Waals surface area (Å²) in [5.74, 6) is 2.26. The third-order valence-electron chi connectivity index (χ3n) is 9.33. The Morgan fingerprint density at radius 2 is 1.83 bits per heavy atom. The van der Waals surface area contributed by atoms with E-state index in [9.17, 15) is 5.11 Å². The minimum absolute atomic E-state index is 0.117. The number of imidazole rings is 1. The number of rotatable bonds is 1. The predicted molar refractivity (Wildman–Crippen MR) is 117 cm³/mol. The van der Waals surface area contributed by atoms with Gasteiger partial charge in [0.15, 0.2) is 0 Å². The van der Waals surface area contributed by atoms with Gasteiger partial charge in [0, 0.05) is 11.1 Å². The molecule has 6 atom stereocenters. The Bertz CT molecular complexity index is 1030. The van der Waals surface area contributed by atoms with Crippen LogP contribution in [0.2, 0.25) is 0 Å². The lowest BCUT2D eigenvalue weighted by Gasteiger charge is -2.57. The van der Waals surface area contributed by atoms with Gasteiger partial charge < -0.3 is 9.67 Å². The van der Waals surface area contributed by atoms with Gasteiger partial charge in [-0.15, -0.1) is 0 Å². The lowest BCUT2D eigenvalue weighted by atomic mass is 9.48. The van der Waals surface area contributed by atoms with Crippen LogP contribution in [0.3, 0.4) is 0 Å². The predicted octanol–water partition coefficient (Wildman–Crippen LogP) is 5.81. The highest BCUT2D eigenvalue weighted by Gasteiger charge is 2.57. The van der Waals surface area contributed by atoms with Crippen molar-refractivity contribution in [3.63, 3.8) is 0 Å². The summed E-state index contributed by atoms with van der Waals surface area (Å²) >= 11 is 0. The third-order valence-corrected chi connectivity index (χ3v) is 9.33. The quantitative estimate of drug-likeness (QED) is 0.626. The smallest absolute Gasteiger partial charge is 0.100 e. The number of nitrogens with zero attached hydrogens (tertiary/aromatic N) is 2. The van der Waals surface area contributed by atoms with Crippen LogP contribution >= 0.6 is 0 Å². The molecule has 5 unspecified atom stereocenters. The van der Waals surface area contributed by atoms with Crippen molar-refractivity contribution in [1.29, 1.82) is 0 Å². The van der Waals surface area contributed by atoms with Crippen LogP contribution in [0.25, 0.3) is 16.7 Å². The van der Waals surface area contributed by atoms with Crippen molar-refractivity contribution in [3.05, 3.63) is 48.3 Å². The molecule has 1 N–H and O–H groups in total. The summed E-state index contributed by atoms with van der Waals surface area (Å²) in [6.45, 7) is 5.03. The number of para-hydroxylation sites is 2. The summed E-state index contributed by atoms with van der Waals surface area (Å²) in [5, 5.41) is 10.2. The molecule has 0 aliphatic heterocycles. The first kappa shape index (κ1) is 17.9. The van der Waals surface area contributed by atoms with E-state index in [-0.39, 0.29) is 11.5 Å². The Balaban J connectivity index is 1.36. The third kappa shape index (κ3) is 2.37. The van der Waals surface area contributed by atoms with Crippen LogP contribution in [0.5, 0.6) is 0 Å². The normalized spacial score (nSPS) is 41.3. The van der Waals surface area contributed by atoms with Crippen LogP contribution in [0.15, 0.2) is 48.3 Å². The van der Waals surface area contributed by atoms with E-state index in [1.807, 2.05) is 6.33 Å². The van der Waals surface area contributed by atoms with Crippen molar-refractivity contribution in [3.8, 4) is 0 Å². The van der Waals surface area contributed by atoms with Crippen molar-refractivity contribution in [2.45, 2.75) is 64.9 Å². The lowest BCUT2D eigenvalue weighted by molar-refractivity contribution is -0.0249. The topological polar surface area (TPSA) is 38.0 Å². The summed E-state index contributed by atoms with van der Waals surface area (Å²) in [7, 11) is 0. The van der Waals surface area contributed by atoms with Gasteiger partial charge in [0.2, 0.25) is 0 Å². The molecule has 1 heterocycles. The van der Waals surface area contributed by atoms with Crippen molar-refractivity contribution in [2.24, 2.45) is 28.6 Å². The molecular formula is C26H32N2O. The monoisotopic (exact) mass is 388 g/mol. The van der Waals surface area contributed by atoms with E-state index >= 15 is 0 Å². The molecule has 2 aromatic rings. The van der Waals surface area contributed by atoms with Gasteiger partial charge >= 0.3 is 0 Å². The number of aliphatic hydroxyl groups is 1. The van der Waals surface area contributed by atoms with Crippen molar-refractivity contribution >= 4 is 16.7 Å². The van der Waals surface area contributed by atoms with Crippen LogP contribution in [-0.4, -0.2) is 20.8 Å². The van der Waals surface area contributed by atoms with Gasteiger partial charge in [-0.1, -0.05) is 43.7 Å². The minimum atomic E-state index is -0.117. The fourth-order valence-corrected chi connectivity index (χ4v) is 7.71. The molecule has 0 amide bonds. The second-order valence-corrected chi connectivity index (χ2v) is 10.5. The largest absolute Gasteiger partial charge is 0.393 e. The molecule has 29 heavy (non-hydrogen) atoms. The maximum absolute atomic E-state index is 10.2. The maximum atomic E-state index is 10.2. The second kappa shape index (κ2) is 6.07. The minimum Gasteiger partial charge on any atom is -0.393 e. The zero-order valence-electron chi connectivity index (χ0n) is 17.6. The van der Waals surface area contributed by atoms with E-state index in [0.29, 0.717) is 5.41 Å². The summed E-state index contributed by atoms with van der Waals surface area (Å²) in [6.07, 6.45) is 15.0. The van der Waals surface area contributed by atoms with E-state index in [4.69, 9.17) is 0 Å². The molecule has 1 aromatic heterocycles. The fourth-order valence-electron chi connectivity index (χ4n) is 7.71. The molecule has 2 fully saturated rings. The number of aromatic nitrogens is 2. The van der Waals surface area contributed by atoms with Gasteiger partial charge in [0.25, 0.3) is 0 Å². The van der Waals surface area contributed by atoms with Crippen LogP contribution < -0.4 is 0 Å². The molecule has 0 saturated heterocycles. The molecule has 6 rings (SSSR count). The first-order valence-electron chi connectivity index (χ1n) is 11.5. The van der Waals surface area contributed by atoms with Crippen molar-refractivity contribution < 1.29 is 5.11 Å².